The SMILES string of the molecule is CCNC(=NCC1(N(C)C)CCOCC1)N1CCC(N2CC=CC2)C1.I. The second-order valence-electron chi connectivity index (χ2n) is 7.72. The number of nitrogens with one attached hydrogen (secondary N) is 1. The fourth-order valence-corrected chi connectivity index (χ4v) is 4.17. The summed E-state index contributed by atoms with van der Waals surface area (Å²) in [6.45, 7) is 10.0. The molecular formula is C19H36IN5O. The highest BCUT2D eigenvalue weighted by atomic mass is 127. The van der Waals surface area contributed by atoms with Gasteiger partial charge in [-0.05, 0) is 40.3 Å². The van der Waals surface area contributed by atoms with E-state index >= 15 is 0 Å². The summed E-state index contributed by atoms with van der Waals surface area (Å²) in [5.41, 5.74) is 0.136. The van der Waals surface area contributed by atoms with Crippen molar-refractivity contribution >= 4 is 29.9 Å². The number of hydrogen-bond acceptors (Lipinski definition) is 4. The molecule has 1 atom stereocenters. The van der Waals surface area contributed by atoms with Crippen LogP contribution in [0.4, 0.5) is 0 Å². The predicted molar refractivity (Wildman–Crippen MR) is 119 cm³/mol. The van der Waals surface area contributed by atoms with Crippen molar-refractivity contribution in [3.8, 4) is 0 Å². The molecule has 0 spiro atoms. The van der Waals surface area contributed by atoms with Gasteiger partial charge in [-0.25, -0.2) is 0 Å². The fraction of sp³-hybridized carbons (Fsp3) is 0.842. The molecule has 0 saturated carbocycles. The Bertz CT molecular complexity index is 482. The van der Waals surface area contributed by atoms with Crippen molar-refractivity contribution < 1.29 is 4.74 Å². The average Bonchev–Trinajstić information content (AvgIpc) is 3.30. The van der Waals surface area contributed by atoms with E-state index in [0.29, 0.717) is 6.04 Å². The molecular weight excluding hydrogens is 441 g/mol. The van der Waals surface area contributed by atoms with E-state index < -0.39 is 0 Å². The summed E-state index contributed by atoms with van der Waals surface area (Å²) < 4.78 is 5.59. The molecule has 2 saturated heterocycles. The molecule has 3 aliphatic rings. The van der Waals surface area contributed by atoms with Crippen molar-refractivity contribution in [1.82, 2.24) is 20.0 Å². The van der Waals surface area contributed by atoms with Crippen LogP contribution in [0.25, 0.3) is 0 Å². The molecule has 1 N–H and O–H groups in total. The van der Waals surface area contributed by atoms with E-state index in [1.54, 1.807) is 0 Å². The number of nitrogens with zero attached hydrogens (tertiary/aromatic N) is 4. The number of likely N-dealkylation sites (tertiary alicyclic amines) is 1. The third-order valence-corrected chi connectivity index (χ3v) is 6.06. The fourth-order valence-electron chi connectivity index (χ4n) is 4.17. The van der Waals surface area contributed by atoms with Crippen LogP contribution in [-0.4, -0.2) is 98.8 Å². The Morgan fingerprint density at radius 3 is 2.58 bits per heavy atom. The van der Waals surface area contributed by atoms with Gasteiger partial charge in [0.05, 0.1) is 6.54 Å². The second kappa shape index (κ2) is 10.2. The maximum Gasteiger partial charge on any atom is 0.194 e. The van der Waals surface area contributed by atoms with Crippen LogP contribution in [0.2, 0.25) is 0 Å². The van der Waals surface area contributed by atoms with E-state index in [1.807, 2.05) is 0 Å². The van der Waals surface area contributed by atoms with Crippen LogP contribution in [-0.2, 0) is 4.74 Å². The van der Waals surface area contributed by atoms with Crippen LogP contribution in [0.5, 0.6) is 0 Å². The first-order chi connectivity index (χ1) is 12.1. The highest BCUT2D eigenvalue weighted by Crippen LogP contribution is 2.26. The minimum atomic E-state index is 0. The van der Waals surface area contributed by atoms with Crippen LogP contribution < -0.4 is 5.32 Å². The summed E-state index contributed by atoms with van der Waals surface area (Å²) in [4.78, 5) is 12.5. The topological polar surface area (TPSA) is 43.3 Å². The van der Waals surface area contributed by atoms with Gasteiger partial charge in [0.1, 0.15) is 0 Å². The largest absolute Gasteiger partial charge is 0.381 e. The number of halogens is 1. The van der Waals surface area contributed by atoms with Crippen molar-refractivity contribution in [1.29, 1.82) is 0 Å². The molecule has 0 bridgehead atoms. The summed E-state index contributed by atoms with van der Waals surface area (Å²) >= 11 is 0. The Kier molecular flexibility index (Phi) is 8.63. The number of guanidine groups is 1. The lowest BCUT2D eigenvalue weighted by molar-refractivity contribution is -0.00263. The first kappa shape index (κ1) is 21.9. The van der Waals surface area contributed by atoms with Gasteiger partial charge < -0.3 is 19.9 Å². The molecule has 0 aromatic rings. The van der Waals surface area contributed by atoms with Crippen LogP contribution in [0.15, 0.2) is 17.1 Å². The average molecular weight is 477 g/mol. The lowest BCUT2D eigenvalue weighted by Crippen LogP contribution is -2.52. The van der Waals surface area contributed by atoms with Gasteiger partial charge in [-0.3, -0.25) is 9.89 Å². The Hall–Kier alpha value is -0.380. The molecule has 26 heavy (non-hydrogen) atoms. The van der Waals surface area contributed by atoms with Crippen LogP contribution in [0, 0.1) is 0 Å². The maximum atomic E-state index is 5.59. The lowest BCUT2D eigenvalue weighted by atomic mass is 9.89. The molecule has 3 rings (SSSR count). The lowest BCUT2D eigenvalue weighted by Gasteiger charge is -2.42. The Morgan fingerprint density at radius 1 is 1.27 bits per heavy atom. The number of ether oxygens (including phenoxy) is 1. The van der Waals surface area contributed by atoms with Crippen molar-refractivity contribution in [2.45, 2.75) is 37.8 Å². The van der Waals surface area contributed by atoms with E-state index in [-0.39, 0.29) is 29.5 Å². The van der Waals surface area contributed by atoms with Gasteiger partial charge in [-0.1, -0.05) is 12.2 Å². The Labute approximate surface area is 176 Å². The van der Waals surface area contributed by atoms with E-state index in [4.69, 9.17) is 9.73 Å². The van der Waals surface area contributed by atoms with Gasteiger partial charge in [0.15, 0.2) is 5.96 Å². The first-order valence-electron chi connectivity index (χ1n) is 9.82. The molecule has 0 aromatic carbocycles. The van der Waals surface area contributed by atoms with Crippen LogP contribution in [0.1, 0.15) is 26.2 Å². The van der Waals surface area contributed by atoms with Crippen LogP contribution in [0.3, 0.4) is 0 Å². The smallest absolute Gasteiger partial charge is 0.194 e. The number of likely N-dealkylation sites (N-methyl/N-ethyl adjacent to an activating group) is 1. The molecule has 0 aliphatic carbocycles. The van der Waals surface area contributed by atoms with Gasteiger partial charge in [0.2, 0.25) is 0 Å². The monoisotopic (exact) mass is 477 g/mol. The molecule has 6 nitrogen and oxygen atoms in total. The van der Waals surface area contributed by atoms with E-state index in [1.165, 1.54) is 6.42 Å². The minimum Gasteiger partial charge on any atom is -0.381 e. The van der Waals surface area contributed by atoms with E-state index in [2.05, 4.69) is 53.2 Å². The number of rotatable bonds is 5. The molecule has 0 radical (unpaired) electrons. The zero-order valence-corrected chi connectivity index (χ0v) is 18.9. The van der Waals surface area contributed by atoms with E-state index in [9.17, 15) is 0 Å². The molecule has 3 heterocycles. The summed E-state index contributed by atoms with van der Waals surface area (Å²) in [7, 11) is 4.36. The third kappa shape index (κ3) is 5.11. The quantitative estimate of drug-likeness (QED) is 0.282. The molecule has 2 fully saturated rings. The summed E-state index contributed by atoms with van der Waals surface area (Å²) in [5.74, 6) is 1.09. The highest BCUT2D eigenvalue weighted by Gasteiger charge is 2.35. The summed E-state index contributed by atoms with van der Waals surface area (Å²) in [5, 5.41) is 3.52. The standard InChI is InChI=1S/C19H35N5O.HI/c1-4-20-18(21-16-19(22(2)3)8-13-25-14-9-19)24-12-7-17(15-24)23-10-5-6-11-23;/h5-6,17H,4,7-16H2,1-3H3,(H,20,21);1H. The summed E-state index contributed by atoms with van der Waals surface area (Å²) in [6, 6.07) is 0.657. The van der Waals surface area contributed by atoms with Gasteiger partial charge in [0, 0.05) is 57.5 Å². The van der Waals surface area contributed by atoms with Gasteiger partial charge in [-0.15, -0.1) is 24.0 Å². The van der Waals surface area contributed by atoms with Crippen molar-refractivity contribution in [2.75, 3.05) is 66.6 Å². The number of hydrogen-bond donors (Lipinski definition) is 1. The molecule has 3 aliphatic heterocycles. The first-order valence-corrected chi connectivity index (χ1v) is 9.82. The zero-order chi connectivity index (χ0) is 17.7. The second-order valence-corrected chi connectivity index (χ2v) is 7.72. The van der Waals surface area contributed by atoms with Crippen molar-refractivity contribution in [3.63, 3.8) is 0 Å². The molecule has 150 valence electrons. The normalized spacial score (nSPS) is 26.4. The highest BCUT2D eigenvalue weighted by molar-refractivity contribution is 14.0. The van der Waals surface area contributed by atoms with Crippen LogP contribution >= 0.6 is 24.0 Å². The van der Waals surface area contributed by atoms with Gasteiger partial charge in [-0.2, -0.15) is 0 Å². The summed E-state index contributed by atoms with van der Waals surface area (Å²) in [6.07, 6.45) is 7.93. The Balaban J connectivity index is 0.00000243. The van der Waals surface area contributed by atoms with Crippen molar-refractivity contribution in [2.24, 2.45) is 4.99 Å². The maximum absolute atomic E-state index is 5.59. The molecule has 0 aromatic heterocycles. The zero-order valence-electron chi connectivity index (χ0n) is 16.6. The molecule has 1 unspecified atom stereocenters. The molecule has 0 amide bonds. The van der Waals surface area contributed by atoms with Crippen molar-refractivity contribution in [3.05, 3.63) is 12.2 Å². The third-order valence-electron chi connectivity index (χ3n) is 6.06. The number of aliphatic imine (C=N–C) groups is 1. The van der Waals surface area contributed by atoms with E-state index in [0.717, 1.165) is 71.3 Å². The Morgan fingerprint density at radius 2 is 1.96 bits per heavy atom. The van der Waals surface area contributed by atoms with Gasteiger partial charge >= 0.3 is 0 Å². The van der Waals surface area contributed by atoms with Gasteiger partial charge in [0.25, 0.3) is 0 Å². The minimum absolute atomic E-state index is 0. The molecule has 7 heteroatoms. The predicted octanol–water partition coefficient (Wildman–Crippen LogP) is 1.63.